The molecule has 0 heterocycles. The van der Waals surface area contributed by atoms with Gasteiger partial charge in [-0.2, -0.15) is 0 Å². The van der Waals surface area contributed by atoms with Crippen molar-refractivity contribution >= 4 is 0 Å². The molecule has 1 aliphatic carbocycles. The predicted molar refractivity (Wildman–Crippen MR) is 76.4 cm³/mol. The lowest BCUT2D eigenvalue weighted by atomic mass is 9.62. The second-order valence-corrected chi connectivity index (χ2v) is 7.18. The Morgan fingerprint density at radius 1 is 1.25 bits per heavy atom. The zero-order valence-corrected chi connectivity index (χ0v) is 12.5. The zero-order chi connectivity index (χ0) is 15.0. The molecule has 0 aromatic heterocycles. The van der Waals surface area contributed by atoms with Crippen molar-refractivity contribution in [3.8, 4) is 0 Å². The van der Waals surface area contributed by atoms with Crippen LogP contribution in [0.25, 0.3) is 0 Å². The minimum absolute atomic E-state index is 0.0221. The maximum Gasteiger partial charge on any atom is 0.129 e. The van der Waals surface area contributed by atoms with Crippen molar-refractivity contribution < 1.29 is 13.9 Å². The van der Waals surface area contributed by atoms with Crippen LogP contribution in [-0.4, -0.2) is 10.7 Å². The van der Waals surface area contributed by atoms with E-state index in [9.17, 15) is 13.9 Å². The molecule has 0 spiro atoms. The minimum atomic E-state index is -0.894. The van der Waals surface area contributed by atoms with Crippen LogP contribution in [0.1, 0.15) is 52.0 Å². The second-order valence-electron chi connectivity index (χ2n) is 7.18. The molecule has 1 aromatic carbocycles. The molecule has 20 heavy (non-hydrogen) atoms. The van der Waals surface area contributed by atoms with Crippen LogP contribution in [0.3, 0.4) is 0 Å². The summed E-state index contributed by atoms with van der Waals surface area (Å²) < 4.78 is 26.8. The molecule has 3 heteroatoms. The van der Waals surface area contributed by atoms with Gasteiger partial charge in [0.05, 0.1) is 5.60 Å². The standard InChI is InChI=1S/C17H24F2O/c1-16(2,3)15-6-4-5-9-17(15,20)11-12-7-8-13(18)10-14(12)19/h7-8,10,15,20H,4-6,9,11H2,1-3H3. The molecule has 2 atom stereocenters. The highest BCUT2D eigenvalue weighted by molar-refractivity contribution is 5.21. The van der Waals surface area contributed by atoms with Crippen molar-refractivity contribution in [2.24, 2.45) is 11.3 Å². The van der Waals surface area contributed by atoms with Gasteiger partial charge in [-0.25, -0.2) is 8.78 Å². The van der Waals surface area contributed by atoms with Gasteiger partial charge in [-0.15, -0.1) is 0 Å². The van der Waals surface area contributed by atoms with Gasteiger partial charge in [-0.05, 0) is 35.8 Å². The third-order valence-corrected chi connectivity index (χ3v) is 4.56. The van der Waals surface area contributed by atoms with Crippen molar-refractivity contribution in [3.05, 3.63) is 35.4 Å². The summed E-state index contributed by atoms with van der Waals surface area (Å²) in [5.41, 5.74) is -0.508. The van der Waals surface area contributed by atoms with Gasteiger partial charge >= 0.3 is 0 Å². The molecule has 1 saturated carbocycles. The molecule has 0 radical (unpaired) electrons. The maximum absolute atomic E-state index is 13.8. The normalized spacial score (nSPS) is 27.6. The topological polar surface area (TPSA) is 20.2 Å². The van der Waals surface area contributed by atoms with Crippen LogP contribution in [0.2, 0.25) is 0 Å². The number of hydrogen-bond acceptors (Lipinski definition) is 1. The Morgan fingerprint density at radius 3 is 2.55 bits per heavy atom. The number of hydrogen-bond donors (Lipinski definition) is 1. The molecule has 112 valence electrons. The first-order valence-electron chi connectivity index (χ1n) is 7.39. The number of aliphatic hydroxyl groups is 1. The fourth-order valence-electron chi connectivity index (χ4n) is 3.67. The van der Waals surface area contributed by atoms with Crippen molar-refractivity contribution in [2.45, 2.75) is 58.5 Å². The maximum atomic E-state index is 13.8. The molecule has 1 fully saturated rings. The van der Waals surface area contributed by atoms with Crippen LogP contribution in [0.4, 0.5) is 8.78 Å². The molecule has 1 nitrogen and oxygen atoms in total. The molecular formula is C17H24F2O. The fourth-order valence-corrected chi connectivity index (χ4v) is 3.67. The van der Waals surface area contributed by atoms with Crippen molar-refractivity contribution in [2.75, 3.05) is 0 Å². The van der Waals surface area contributed by atoms with E-state index in [4.69, 9.17) is 0 Å². The first-order chi connectivity index (χ1) is 9.22. The molecule has 0 amide bonds. The van der Waals surface area contributed by atoms with Gasteiger partial charge < -0.3 is 5.11 Å². The van der Waals surface area contributed by atoms with E-state index in [1.54, 1.807) is 0 Å². The largest absolute Gasteiger partial charge is 0.389 e. The Balaban J connectivity index is 2.28. The van der Waals surface area contributed by atoms with Crippen molar-refractivity contribution in [1.29, 1.82) is 0 Å². The van der Waals surface area contributed by atoms with E-state index in [-0.39, 0.29) is 17.8 Å². The van der Waals surface area contributed by atoms with Crippen molar-refractivity contribution in [3.63, 3.8) is 0 Å². The molecule has 1 aliphatic rings. The molecule has 0 saturated heterocycles. The average Bonchev–Trinajstić information content (AvgIpc) is 2.32. The molecular weight excluding hydrogens is 258 g/mol. The monoisotopic (exact) mass is 282 g/mol. The SMILES string of the molecule is CC(C)(C)C1CCCCC1(O)Cc1ccc(F)cc1F. The fraction of sp³-hybridized carbons (Fsp3) is 0.647. The summed E-state index contributed by atoms with van der Waals surface area (Å²) in [6.45, 7) is 6.36. The van der Waals surface area contributed by atoms with Gasteiger partial charge in [-0.1, -0.05) is 39.7 Å². The lowest BCUT2D eigenvalue weighted by molar-refractivity contribution is -0.0893. The Kier molecular flexibility index (Phi) is 4.19. The van der Waals surface area contributed by atoms with Crippen LogP contribution in [-0.2, 0) is 6.42 Å². The molecule has 0 bridgehead atoms. The summed E-state index contributed by atoms with van der Waals surface area (Å²) in [6.07, 6.45) is 3.98. The molecule has 1 aromatic rings. The third kappa shape index (κ3) is 3.20. The van der Waals surface area contributed by atoms with Gasteiger partial charge in [0, 0.05) is 12.5 Å². The van der Waals surface area contributed by atoms with Gasteiger partial charge in [0.1, 0.15) is 11.6 Å². The Morgan fingerprint density at radius 2 is 1.95 bits per heavy atom. The van der Waals surface area contributed by atoms with Gasteiger partial charge in [0.15, 0.2) is 0 Å². The minimum Gasteiger partial charge on any atom is -0.389 e. The van der Waals surface area contributed by atoms with Crippen LogP contribution >= 0.6 is 0 Å². The summed E-state index contributed by atoms with van der Waals surface area (Å²) in [4.78, 5) is 0. The first kappa shape index (κ1) is 15.4. The lowest BCUT2D eigenvalue weighted by Gasteiger charge is -2.47. The van der Waals surface area contributed by atoms with Gasteiger partial charge in [-0.3, -0.25) is 0 Å². The Bertz CT molecular complexity index is 478. The van der Waals surface area contributed by atoms with E-state index in [0.717, 1.165) is 25.3 Å². The van der Waals surface area contributed by atoms with Crippen LogP contribution in [0.5, 0.6) is 0 Å². The summed E-state index contributed by atoms with van der Waals surface area (Å²) in [7, 11) is 0. The van der Waals surface area contributed by atoms with Crippen LogP contribution in [0, 0.1) is 23.0 Å². The van der Waals surface area contributed by atoms with E-state index < -0.39 is 17.2 Å². The van der Waals surface area contributed by atoms with E-state index in [2.05, 4.69) is 20.8 Å². The predicted octanol–water partition coefficient (Wildman–Crippen LogP) is 4.47. The number of rotatable bonds is 2. The zero-order valence-electron chi connectivity index (χ0n) is 12.5. The smallest absolute Gasteiger partial charge is 0.129 e. The molecule has 1 N–H and O–H groups in total. The highest BCUT2D eigenvalue weighted by atomic mass is 19.1. The quantitative estimate of drug-likeness (QED) is 0.848. The second kappa shape index (κ2) is 5.44. The Labute approximate surface area is 120 Å². The summed E-state index contributed by atoms with van der Waals surface area (Å²) in [5, 5.41) is 11.1. The number of benzene rings is 1. The molecule has 2 unspecified atom stereocenters. The van der Waals surface area contributed by atoms with Crippen LogP contribution < -0.4 is 0 Å². The average molecular weight is 282 g/mol. The Hall–Kier alpha value is -0.960. The number of halogens is 2. The van der Waals surface area contributed by atoms with Crippen molar-refractivity contribution in [1.82, 2.24) is 0 Å². The highest BCUT2D eigenvalue weighted by Gasteiger charge is 2.44. The third-order valence-electron chi connectivity index (χ3n) is 4.56. The van der Waals surface area contributed by atoms with E-state index in [1.165, 1.54) is 12.1 Å². The van der Waals surface area contributed by atoms with Gasteiger partial charge in [0.2, 0.25) is 0 Å². The first-order valence-corrected chi connectivity index (χ1v) is 7.39. The summed E-state index contributed by atoms with van der Waals surface area (Å²) in [6, 6.07) is 3.61. The lowest BCUT2D eigenvalue weighted by Crippen LogP contribution is -2.48. The summed E-state index contributed by atoms with van der Waals surface area (Å²) in [5.74, 6) is -1.00. The highest BCUT2D eigenvalue weighted by Crippen LogP contribution is 2.46. The molecule has 2 rings (SSSR count). The van der Waals surface area contributed by atoms with E-state index in [0.29, 0.717) is 12.0 Å². The molecule has 0 aliphatic heterocycles. The van der Waals surface area contributed by atoms with E-state index >= 15 is 0 Å². The van der Waals surface area contributed by atoms with E-state index in [1.807, 2.05) is 0 Å². The van der Waals surface area contributed by atoms with Crippen LogP contribution in [0.15, 0.2) is 18.2 Å². The summed E-state index contributed by atoms with van der Waals surface area (Å²) >= 11 is 0. The van der Waals surface area contributed by atoms with Gasteiger partial charge in [0.25, 0.3) is 0 Å².